The molecule has 0 aliphatic rings. The van der Waals surface area contributed by atoms with Crippen LogP contribution in [-0.2, 0) is 12.6 Å². The van der Waals surface area contributed by atoms with Gasteiger partial charge in [-0.25, -0.2) is 9.37 Å². The molecule has 0 aliphatic heterocycles. The summed E-state index contributed by atoms with van der Waals surface area (Å²) < 4.78 is 50.7. The predicted octanol–water partition coefficient (Wildman–Crippen LogP) is 3.80. The highest BCUT2D eigenvalue weighted by Crippen LogP contribution is 2.35. The van der Waals surface area contributed by atoms with E-state index in [1.165, 1.54) is 18.3 Å². The molecule has 2 aromatic rings. The fourth-order valence-corrected chi connectivity index (χ4v) is 2.72. The summed E-state index contributed by atoms with van der Waals surface area (Å²) in [5.74, 6) is -0.363. The molecule has 1 N–H and O–H groups in total. The average molecular weight is 304 g/mol. The monoisotopic (exact) mass is 304 g/mol. The number of thiazole rings is 1. The number of rotatable bonds is 4. The zero-order valence-corrected chi connectivity index (χ0v) is 11.4. The normalized spacial score (nSPS) is 13.4. The molecule has 1 heterocycles. The number of nitrogens with zero attached hydrogens (tertiary/aromatic N) is 1. The Labute approximate surface area is 117 Å². The first kappa shape index (κ1) is 14.9. The van der Waals surface area contributed by atoms with Crippen LogP contribution in [0.5, 0.6) is 0 Å². The summed E-state index contributed by atoms with van der Waals surface area (Å²) in [4.78, 5) is 3.87. The van der Waals surface area contributed by atoms with E-state index in [0.29, 0.717) is 28.2 Å². The van der Waals surface area contributed by atoms with Crippen molar-refractivity contribution in [2.45, 2.75) is 18.6 Å². The van der Waals surface area contributed by atoms with Crippen molar-refractivity contribution in [3.63, 3.8) is 0 Å². The highest BCUT2D eigenvalue weighted by molar-refractivity contribution is 7.11. The Morgan fingerprint density at radius 3 is 2.65 bits per heavy atom. The highest BCUT2D eigenvalue weighted by atomic mass is 32.1. The first-order valence-electron chi connectivity index (χ1n) is 5.85. The Balaban J connectivity index is 2.18. The second-order valence-electron chi connectivity index (χ2n) is 4.24. The standard InChI is InChI=1S/C13H12F4N2S/c1-18-10(6-8-3-2-4-9(14)5-8)11-7-19-12(20-11)13(15,16)17/h2-5,7,10,18H,6H2,1H3. The third-order valence-corrected chi connectivity index (χ3v) is 3.94. The molecular weight excluding hydrogens is 292 g/mol. The van der Waals surface area contributed by atoms with Gasteiger partial charge in [0.1, 0.15) is 5.82 Å². The number of likely N-dealkylation sites (N-methyl/N-ethyl adjacent to an activating group) is 1. The maximum atomic E-state index is 13.1. The summed E-state index contributed by atoms with van der Waals surface area (Å²) in [6.07, 6.45) is -2.82. The SMILES string of the molecule is CNC(Cc1cccc(F)c1)c1cnc(C(F)(F)F)s1. The molecule has 1 aromatic heterocycles. The van der Waals surface area contributed by atoms with Crippen molar-refractivity contribution in [2.24, 2.45) is 0 Å². The van der Waals surface area contributed by atoms with E-state index in [1.54, 1.807) is 19.2 Å². The van der Waals surface area contributed by atoms with E-state index in [0.717, 1.165) is 0 Å². The van der Waals surface area contributed by atoms with Gasteiger partial charge in [-0.1, -0.05) is 12.1 Å². The Hall–Kier alpha value is -1.47. The predicted molar refractivity (Wildman–Crippen MR) is 69.0 cm³/mol. The van der Waals surface area contributed by atoms with Crippen LogP contribution in [0.1, 0.15) is 21.5 Å². The molecule has 7 heteroatoms. The lowest BCUT2D eigenvalue weighted by molar-refractivity contribution is -0.137. The van der Waals surface area contributed by atoms with Crippen LogP contribution in [-0.4, -0.2) is 12.0 Å². The van der Waals surface area contributed by atoms with Crippen molar-refractivity contribution in [2.75, 3.05) is 7.05 Å². The van der Waals surface area contributed by atoms with Gasteiger partial charge in [-0.3, -0.25) is 0 Å². The minimum atomic E-state index is -4.43. The van der Waals surface area contributed by atoms with E-state index < -0.39 is 11.2 Å². The third kappa shape index (κ3) is 3.55. The van der Waals surface area contributed by atoms with Crippen molar-refractivity contribution >= 4 is 11.3 Å². The van der Waals surface area contributed by atoms with Crippen molar-refractivity contribution < 1.29 is 17.6 Å². The minimum Gasteiger partial charge on any atom is -0.312 e. The molecule has 0 radical (unpaired) electrons. The summed E-state index contributed by atoms with van der Waals surface area (Å²) in [6, 6.07) is 5.68. The lowest BCUT2D eigenvalue weighted by atomic mass is 10.1. The Morgan fingerprint density at radius 2 is 2.10 bits per heavy atom. The van der Waals surface area contributed by atoms with Gasteiger partial charge in [0.05, 0.1) is 0 Å². The van der Waals surface area contributed by atoms with Crippen molar-refractivity contribution in [1.29, 1.82) is 0 Å². The van der Waals surface area contributed by atoms with E-state index in [1.807, 2.05) is 0 Å². The van der Waals surface area contributed by atoms with Crippen molar-refractivity contribution in [3.05, 3.63) is 51.7 Å². The Morgan fingerprint density at radius 1 is 1.35 bits per heavy atom. The fourth-order valence-electron chi connectivity index (χ4n) is 1.82. The van der Waals surface area contributed by atoms with Gasteiger partial charge in [-0.05, 0) is 31.2 Å². The van der Waals surface area contributed by atoms with Gasteiger partial charge < -0.3 is 5.32 Å². The molecule has 0 saturated carbocycles. The smallest absolute Gasteiger partial charge is 0.312 e. The fraction of sp³-hybridized carbons (Fsp3) is 0.308. The first-order valence-corrected chi connectivity index (χ1v) is 6.66. The average Bonchev–Trinajstić information content (AvgIpc) is 2.85. The van der Waals surface area contributed by atoms with E-state index in [2.05, 4.69) is 10.3 Å². The van der Waals surface area contributed by atoms with Gasteiger partial charge in [0.2, 0.25) is 0 Å². The number of alkyl halides is 3. The topological polar surface area (TPSA) is 24.9 Å². The number of halogens is 4. The molecule has 1 unspecified atom stereocenters. The molecule has 0 aliphatic carbocycles. The molecule has 1 aromatic carbocycles. The van der Waals surface area contributed by atoms with Crippen LogP contribution in [0.2, 0.25) is 0 Å². The molecule has 0 spiro atoms. The number of hydrogen-bond donors (Lipinski definition) is 1. The third-order valence-electron chi connectivity index (χ3n) is 2.79. The maximum Gasteiger partial charge on any atom is 0.443 e. The molecule has 1 atom stereocenters. The van der Waals surface area contributed by atoms with E-state index >= 15 is 0 Å². The Bertz CT molecular complexity index is 580. The number of hydrogen-bond acceptors (Lipinski definition) is 3. The zero-order chi connectivity index (χ0) is 14.8. The molecule has 0 bridgehead atoms. The maximum absolute atomic E-state index is 13.1. The number of nitrogens with one attached hydrogen (secondary N) is 1. The largest absolute Gasteiger partial charge is 0.443 e. The second-order valence-corrected chi connectivity index (χ2v) is 5.30. The van der Waals surface area contributed by atoms with Crippen LogP contribution < -0.4 is 5.32 Å². The van der Waals surface area contributed by atoms with E-state index in [4.69, 9.17) is 0 Å². The van der Waals surface area contributed by atoms with Crippen molar-refractivity contribution in [1.82, 2.24) is 10.3 Å². The second kappa shape index (κ2) is 5.88. The summed E-state index contributed by atoms with van der Waals surface area (Å²) in [5, 5.41) is 2.06. The molecule has 2 rings (SSSR count). The van der Waals surface area contributed by atoms with Gasteiger partial charge in [0.25, 0.3) is 0 Å². The van der Waals surface area contributed by atoms with Crippen LogP contribution in [0, 0.1) is 5.82 Å². The van der Waals surface area contributed by atoms with E-state index in [-0.39, 0.29) is 11.9 Å². The van der Waals surface area contributed by atoms with Crippen LogP contribution in [0.25, 0.3) is 0 Å². The number of aromatic nitrogens is 1. The van der Waals surface area contributed by atoms with Gasteiger partial charge in [-0.2, -0.15) is 13.2 Å². The van der Waals surface area contributed by atoms with Crippen LogP contribution >= 0.6 is 11.3 Å². The van der Waals surface area contributed by atoms with Crippen LogP contribution in [0.4, 0.5) is 17.6 Å². The molecule has 20 heavy (non-hydrogen) atoms. The summed E-state index contributed by atoms with van der Waals surface area (Å²) >= 11 is 0.604. The van der Waals surface area contributed by atoms with Gasteiger partial charge in [-0.15, -0.1) is 11.3 Å². The summed E-state index contributed by atoms with van der Waals surface area (Å²) in [6.45, 7) is 0. The Kier molecular flexibility index (Phi) is 4.39. The lowest BCUT2D eigenvalue weighted by Crippen LogP contribution is -2.17. The van der Waals surface area contributed by atoms with E-state index in [9.17, 15) is 17.6 Å². The molecule has 2 nitrogen and oxygen atoms in total. The molecule has 0 amide bonds. The minimum absolute atomic E-state index is 0.328. The molecule has 108 valence electrons. The van der Waals surface area contributed by atoms with Gasteiger partial charge in [0.15, 0.2) is 5.01 Å². The quantitative estimate of drug-likeness (QED) is 0.869. The highest BCUT2D eigenvalue weighted by Gasteiger charge is 2.35. The summed E-state index contributed by atoms with van der Waals surface area (Å²) in [7, 11) is 1.65. The van der Waals surface area contributed by atoms with Gasteiger partial charge >= 0.3 is 6.18 Å². The first-order chi connectivity index (χ1) is 9.40. The zero-order valence-electron chi connectivity index (χ0n) is 10.5. The van der Waals surface area contributed by atoms with Crippen molar-refractivity contribution in [3.8, 4) is 0 Å². The molecule has 0 fully saturated rings. The lowest BCUT2D eigenvalue weighted by Gasteiger charge is -2.14. The molecular formula is C13H12F4N2S. The van der Waals surface area contributed by atoms with Gasteiger partial charge in [0, 0.05) is 17.1 Å². The van der Waals surface area contributed by atoms with Crippen LogP contribution in [0.15, 0.2) is 30.5 Å². The summed E-state index contributed by atoms with van der Waals surface area (Å²) in [5.41, 5.74) is 0.714. The van der Waals surface area contributed by atoms with Crippen LogP contribution in [0.3, 0.4) is 0 Å². The number of benzene rings is 1. The molecule has 0 saturated heterocycles.